The van der Waals surface area contributed by atoms with E-state index in [2.05, 4.69) is 13.8 Å². The van der Waals surface area contributed by atoms with Gasteiger partial charge < -0.3 is 9.47 Å². The van der Waals surface area contributed by atoms with Crippen molar-refractivity contribution in [2.45, 2.75) is 83.7 Å². The number of aryl methyl sites for hydroxylation is 2. The predicted octanol–water partition coefficient (Wildman–Crippen LogP) is 9.19. The summed E-state index contributed by atoms with van der Waals surface area (Å²) in [6.45, 7) is 5.43. The van der Waals surface area contributed by atoms with Crippen LogP contribution >= 0.6 is 0 Å². The number of hydrogen-bond acceptors (Lipinski definition) is 2. The Morgan fingerprint density at radius 3 is 2.13 bits per heavy atom. The number of rotatable bonds is 12. The van der Waals surface area contributed by atoms with E-state index in [9.17, 15) is 4.39 Å². The summed E-state index contributed by atoms with van der Waals surface area (Å²) in [5.41, 5.74) is 3.35. The van der Waals surface area contributed by atoms with Gasteiger partial charge in [-0.05, 0) is 91.7 Å². The quantitative estimate of drug-likeness (QED) is 0.220. The van der Waals surface area contributed by atoms with Gasteiger partial charge >= 0.3 is 0 Å². The van der Waals surface area contributed by atoms with Crippen molar-refractivity contribution in [3.63, 3.8) is 0 Å². The third kappa shape index (κ3) is 7.19. The van der Waals surface area contributed by atoms with E-state index in [4.69, 9.17) is 9.47 Å². The molecule has 1 fully saturated rings. The Hall–Kier alpha value is -2.79. The zero-order valence-corrected chi connectivity index (χ0v) is 22.6. The highest BCUT2D eigenvalue weighted by Crippen LogP contribution is 2.38. The molecular formula is C33H39F3O2. The fourth-order valence-electron chi connectivity index (χ4n) is 5.21. The van der Waals surface area contributed by atoms with Crippen LogP contribution in [0.15, 0.2) is 54.6 Å². The summed E-state index contributed by atoms with van der Waals surface area (Å²) < 4.78 is 55.9. The zero-order valence-electron chi connectivity index (χ0n) is 22.6. The Labute approximate surface area is 225 Å². The van der Waals surface area contributed by atoms with E-state index in [0.717, 1.165) is 69.1 Å². The van der Waals surface area contributed by atoms with E-state index in [0.29, 0.717) is 29.9 Å². The van der Waals surface area contributed by atoms with Crippen LogP contribution in [0.1, 0.15) is 81.4 Å². The predicted molar refractivity (Wildman–Crippen MR) is 147 cm³/mol. The van der Waals surface area contributed by atoms with Crippen LogP contribution in [0.5, 0.6) is 5.75 Å². The van der Waals surface area contributed by atoms with Crippen molar-refractivity contribution in [3.8, 4) is 16.9 Å². The Kier molecular flexibility index (Phi) is 10.3. The molecule has 0 spiro atoms. The molecule has 5 heteroatoms. The van der Waals surface area contributed by atoms with Gasteiger partial charge in [-0.3, -0.25) is 0 Å². The summed E-state index contributed by atoms with van der Waals surface area (Å²) in [6.07, 6.45) is 7.93. The number of halogens is 3. The lowest BCUT2D eigenvalue weighted by molar-refractivity contribution is 0.0249. The van der Waals surface area contributed by atoms with Crippen LogP contribution in [0.3, 0.4) is 0 Å². The van der Waals surface area contributed by atoms with E-state index in [1.165, 1.54) is 6.07 Å². The minimum absolute atomic E-state index is 0.0317. The van der Waals surface area contributed by atoms with Crippen LogP contribution in [0, 0.1) is 17.5 Å². The first-order valence-electron chi connectivity index (χ1n) is 14.1. The fourth-order valence-corrected chi connectivity index (χ4v) is 5.21. The topological polar surface area (TPSA) is 18.5 Å². The second-order valence-corrected chi connectivity index (χ2v) is 10.3. The highest BCUT2D eigenvalue weighted by atomic mass is 19.2. The van der Waals surface area contributed by atoms with E-state index >= 15 is 8.78 Å². The normalized spacial score (nSPS) is 17.5. The molecule has 1 aliphatic rings. The van der Waals surface area contributed by atoms with Gasteiger partial charge in [-0.2, -0.15) is 0 Å². The first-order chi connectivity index (χ1) is 18.5. The average molecular weight is 525 g/mol. The number of unbranched alkanes of at least 4 members (excludes halogenated alkanes) is 1. The van der Waals surface area contributed by atoms with E-state index in [-0.39, 0.29) is 23.4 Å². The van der Waals surface area contributed by atoms with Crippen LogP contribution in [-0.2, 0) is 17.6 Å². The molecule has 3 aromatic carbocycles. The highest BCUT2D eigenvalue weighted by molar-refractivity contribution is 5.65. The number of benzene rings is 3. The molecule has 1 aliphatic carbocycles. The standard InChI is InChI=1S/C33H39F3O2/c1-3-5-21-38-31-19-10-24(22-30(31)34)7-6-23-8-11-25(12-9-23)28-17-18-29(33(36)32(28)35)26-13-15-27(16-14-26)37-20-4-2/h8-12,17-19,22,26-27H,3-7,13-16,20-21H2,1-2H3. The molecule has 0 unspecified atom stereocenters. The van der Waals surface area contributed by atoms with Crippen molar-refractivity contribution in [3.05, 3.63) is 88.7 Å². The molecule has 0 aliphatic heterocycles. The summed E-state index contributed by atoms with van der Waals surface area (Å²) in [4.78, 5) is 0. The Balaban J connectivity index is 1.36. The molecule has 204 valence electrons. The number of ether oxygens (including phenoxy) is 2. The second-order valence-electron chi connectivity index (χ2n) is 10.3. The Morgan fingerprint density at radius 2 is 1.45 bits per heavy atom. The van der Waals surface area contributed by atoms with Gasteiger partial charge in [-0.15, -0.1) is 0 Å². The second kappa shape index (κ2) is 13.8. The molecule has 0 atom stereocenters. The SMILES string of the molecule is CCCCOc1ccc(CCc2ccc(-c3ccc(C4CCC(OCCC)CC4)c(F)c3F)cc2)cc1F. The Bertz CT molecular complexity index is 1170. The molecule has 4 rings (SSSR count). The molecule has 0 amide bonds. The van der Waals surface area contributed by atoms with Crippen molar-refractivity contribution in [1.29, 1.82) is 0 Å². The van der Waals surface area contributed by atoms with E-state index in [1.807, 2.05) is 30.3 Å². The molecule has 38 heavy (non-hydrogen) atoms. The minimum atomic E-state index is -0.781. The van der Waals surface area contributed by atoms with Crippen molar-refractivity contribution < 1.29 is 22.6 Å². The summed E-state index contributed by atoms with van der Waals surface area (Å²) in [5, 5.41) is 0. The fraction of sp³-hybridized carbons (Fsp3) is 0.455. The van der Waals surface area contributed by atoms with E-state index in [1.54, 1.807) is 18.2 Å². The molecule has 0 N–H and O–H groups in total. The third-order valence-corrected chi connectivity index (χ3v) is 7.50. The first kappa shape index (κ1) is 28.2. The summed E-state index contributed by atoms with van der Waals surface area (Å²) in [5.74, 6) is -1.53. The molecule has 0 bridgehead atoms. The molecule has 0 saturated heterocycles. The summed E-state index contributed by atoms with van der Waals surface area (Å²) in [7, 11) is 0. The highest BCUT2D eigenvalue weighted by Gasteiger charge is 2.26. The van der Waals surface area contributed by atoms with Gasteiger partial charge in [0, 0.05) is 12.2 Å². The maximum atomic E-state index is 15.1. The molecule has 1 saturated carbocycles. The summed E-state index contributed by atoms with van der Waals surface area (Å²) >= 11 is 0. The van der Waals surface area contributed by atoms with Gasteiger partial charge in [-0.25, -0.2) is 13.2 Å². The van der Waals surface area contributed by atoms with Gasteiger partial charge in [-0.1, -0.05) is 62.7 Å². The molecule has 0 heterocycles. The first-order valence-corrected chi connectivity index (χ1v) is 14.1. The molecule has 3 aromatic rings. The lowest BCUT2D eigenvalue weighted by Crippen LogP contribution is -2.21. The van der Waals surface area contributed by atoms with Gasteiger partial charge in [0.2, 0.25) is 0 Å². The maximum Gasteiger partial charge on any atom is 0.166 e. The van der Waals surface area contributed by atoms with Gasteiger partial charge in [0.15, 0.2) is 23.2 Å². The zero-order chi connectivity index (χ0) is 26.9. The van der Waals surface area contributed by atoms with Crippen molar-refractivity contribution in [2.75, 3.05) is 13.2 Å². The van der Waals surface area contributed by atoms with E-state index < -0.39 is 11.6 Å². The molecule has 2 nitrogen and oxygen atoms in total. The van der Waals surface area contributed by atoms with Crippen molar-refractivity contribution in [1.82, 2.24) is 0 Å². The Morgan fingerprint density at radius 1 is 0.737 bits per heavy atom. The van der Waals surface area contributed by atoms with Crippen LogP contribution in [0.2, 0.25) is 0 Å². The van der Waals surface area contributed by atoms with Crippen LogP contribution in [0.25, 0.3) is 11.1 Å². The van der Waals surface area contributed by atoms with Crippen molar-refractivity contribution >= 4 is 0 Å². The smallest absolute Gasteiger partial charge is 0.166 e. The third-order valence-electron chi connectivity index (χ3n) is 7.50. The van der Waals surface area contributed by atoms with Crippen LogP contribution in [-0.4, -0.2) is 19.3 Å². The lowest BCUT2D eigenvalue weighted by atomic mass is 9.82. The van der Waals surface area contributed by atoms with Gasteiger partial charge in [0.25, 0.3) is 0 Å². The van der Waals surface area contributed by atoms with Crippen LogP contribution < -0.4 is 4.74 Å². The molecule has 0 radical (unpaired) electrons. The molecular weight excluding hydrogens is 485 g/mol. The maximum absolute atomic E-state index is 15.1. The summed E-state index contributed by atoms with van der Waals surface area (Å²) in [6, 6.07) is 16.1. The monoisotopic (exact) mass is 524 g/mol. The van der Waals surface area contributed by atoms with Gasteiger partial charge in [0.1, 0.15) is 0 Å². The molecule has 0 aromatic heterocycles. The average Bonchev–Trinajstić information content (AvgIpc) is 2.94. The van der Waals surface area contributed by atoms with Crippen LogP contribution in [0.4, 0.5) is 13.2 Å². The number of hydrogen-bond donors (Lipinski definition) is 0. The van der Waals surface area contributed by atoms with Gasteiger partial charge in [0.05, 0.1) is 12.7 Å². The van der Waals surface area contributed by atoms with Crippen molar-refractivity contribution in [2.24, 2.45) is 0 Å². The largest absolute Gasteiger partial charge is 0.491 e. The lowest BCUT2D eigenvalue weighted by Gasteiger charge is -2.29. The minimum Gasteiger partial charge on any atom is -0.491 e.